The van der Waals surface area contributed by atoms with E-state index in [0.29, 0.717) is 18.0 Å². The normalized spacial score (nSPS) is 25.7. The van der Waals surface area contributed by atoms with E-state index < -0.39 is 6.10 Å². The van der Waals surface area contributed by atoms with E-state index in [-0.39, 0.29) is 17.9 Å². The molecule has 1 saturated heterocycles. The molecule has 2 aliphatic rings. The molecule has 0 radical (unpaired) electrons. The topological polar surface area (TPSA) is 67.5 Å². The first kappa shape index (κ1) is 16.0. The zero-order chi connectivity index (χ0) is 17.4. The van der Waals surface area contributed by atoms with Crippen molar-refractivity contribution in [1.29, 1.82) is 0 Å². The first-order valence-corrected chi connectivity index (χ1v) is 8.85. The molecule has 0 spiro atoms. The summed E-state index contributed by atoms with van der Waals surface area (Å²) in [5.41, 5.74) is 2.09. The van der Waals surface area contributed by atoms with Crippen LogP contribution < -0.4 is 9.47 Å². The molecule has 132 valence electrons. The molecule has 0 bridgehead atoms. The highest BCUT2D eigenvalue weighted by atomic mass is 16.6. The minimum atomic E-state index is -0.602. The van der Waals surface area contributed by atoms with Gasteiger partial charge in [-0.2, -0.15) is 5.10 Å². The van der Waals surface area contributed by atoms with Crippen molar-refractivity contribution in [3.63, 3.8) is 0 Å². The third kappa shape index (κ3) is 3.08. The number of carbonyl (C=O) groups is 1. The molecule has 2 aliphatic heterocycles. The lowest BCUT2D eigenvalue weighted by atomic mass is 9.94. The fourth-order valence-electron chi connectivity index (χ4n) is 3.64. The number of hydrogen-bond acceptors (Lipinski definition) is 4. The molecule has 6 heteroatoms. The molecular formula is C19H23N3O3. The van der Waals surface area contributed by atoms with Crippen LogP contribution in [0.2, 0.25) is 0 Å². The predicted octanol–water partition coefficient (Wildman–Crippen LogP) is 2.65. The fraction of sp³-hybridized carbons (Fsp3) is 0.474. The van der Waals surface area contributed by atoms with Gasteiger partial charge < -0.3 is 14.4 Å². The standard InChI is InChI=1S/C19H23N3O3/c1-12-10-15(21-20-12)14-6-5-9-22(11-14)19(23)18-13(2)24-16-7-3-4-8-17(16)25-18/h3-4,7-8,10,13-14,18H,5-6,9,11H2,1-2H3,(H,20,21)/t13-,14-,18+/m1/s1. The quantitative estimate of drug-likeness (QED) is 0.912. The summed E-state index contributed by atoms with van der Waals surface area (Å²) >= 11 is 0. The number of rotatable bonds is 2. The van der Waals surface area contributed by atoms with Gasteiger partial charge in [0.2, 0.25) is 6.10 Å². The molecule has 3 atom stereocenters. The van der Waals surface area contributed by atoms with Crippen LogP contribution in [0, 0.1) is 6.92 Å². The highest BCUT2D eigenvalue weighted by Gasteiger charge is 2.38. The first-order valence-electron chi connectivity index (χ1n) is 8.85. The number of H-pyrrole nitrogens is 1. The van der Waals surface area contributed by atoms with E-state index in [0.717, 1.165) is 30.8 Å². The predicted molar refractivity (Wildman–Crippen MR) is 92.8 cm³/mol. The van der Waals surface area contributed by atoms with Crippen LogP contribution >= 0.6 is 0 Å². The van der Waals surface area contributed by atoms with Gasteiger partial charge in [-0.1, -0.05) is 12.1 Å². The Morgan fingerprint density at radius 1 is 1.28 bits per heavy atom. The summed E-state index contributed by atoms with van der Waals surface area (Å²) in [6.07, 6.45) is 1.11. The summed E-state index contributed by atoms with van der Waals surface area (Å²) in [6.45, 7) is 5.32. The van der Waals surface area contributed by atoms with E-state index in [2.05, 4.69) is 16.3 Å². The van der Waals surface area contributed by atoms with E-state index in [1.54, 1.807) is 0 Å². The van der Waals surface area contributed by atoms with Gasteiger partial charge in [0, 0.05) is 24.7 Å². The maximum atomic E-state index is 13.0. The molecule has 0 aliphatic carbocycles. The number of amides is 1. The van der Waals surface area contributed by atoms with Gasteiger partial charge in [0.25, 0.3) is 5.91 Å². The number of carbonyl (C=O) groups excluding carboxylic acids is 1. The van der Waals surface area contributed by atoms with Crippen LogP contribution in [-0.4, -0.2) is 46.3 Å². The average Bonchev–Trinajstić information content (AvgIpc) is 3.07. The Hall–Kier alpha value is -2.50. The minimum absolute atomic E-state index is 0.000962. The van der Waals surface area contributed by atoms with Crippen molar-refractivity contribution >= 4 is 5.91 Å². The van der Waals surface area contributed by atoms with Crippen molar-refractivity contribution < 1.29 is 14.3 Å². The van der Waals surface area contributed by atoms with Crippen LogP contribution in [0.4, 0.5) is 0 Å². The molecule has 4 rings (SSSR count). The van der Waals surface area contributed by atoms with Crippen LogP contribution in [0.3, 0.4) is 0 Å². The minimum Gasteiger partial charge on any atom is -0.482 e. The summed E-state index contributed by atoms with van der Waals surface area (Å²) in [7, 11) is 0. The van der Waals surface area contributed by atoms with E-state index in [1.165, 1.54) is 0 Å². The monoisotopic (exact) mass is 341 g/mol. The van der Waals surface area contributed by atoms with Gasteiger partial charge >= 0.3 is 0 Å². The molecule has 1 fully saturated rings. The van der Waals surface area contributed by atoms with Crippen molar-refractivity contribution in [2.24, 2.45) is 0 Å². The van der Waals surface area contributed by atoms with E-state index in [1.807, 2.05) is 43.0 Å². The lowest BCUT2D eigenvalue weighted by molar-refractivity contribution is -0.145. The van der Waals surface area contributed by atoms with Gasteiger partial charge in [-0.05, 0) is 44.9 Å². The molecule has 1 aromatic heterocycles. The maximum Gasteiger partial charge on any atom is 0.267 e. The molecule has 3 heterocycles. The summed E-state index contributed by atoms with van der Waals surface area (Å²) in [5, 5.41) is 7.36. The Kier molecular flexibility index (Phi) is 4.11. The second-order valence-electron chi connectivity index (χ2n) is 6.91. The van der Waals surface area contributed by atoms with Gasteiger partial charge in [0.05, 0.1) is 5.69 Å². The highest BCUT2D eigenvalue weighted by molar-refractivity contribution is 5.82. The van der Waals surface area contributed by atoms with Gasteiger partial charge in [-0.25, -0.2) is 0 Å². The van der Waals surface area contributed by atoms with Crippen molar-refractivity contribution in [3.8, 4) is 11.5 Å². The fourth-order valence-corrected chi connectivity index (χ4v) is 3.64. The number of hydrogen-bond donors (Lipinski definition) is 1. The zero-order valence-corrected chi connectivity index (χ0v) is 14.6. The summed E-state index contributed by atoms with van der Waals surface area (Å²) in [6, 6.07) is 9.56. The number of ether oxygens (including phenoxy) is 2. The summed E-state index contributed by atoms with van der Waals surface area (Å²) < 4.78 is 11.8. The van der Waals surface area contributed by atoms with Gasteiger partial charge in [-0.15, -0.1) is 0 Å². The Bertz CT molecular complexity index is 773. The number of fused-ring (bicyclic) bond motifs is 1. The van der Waals surface area contributed by atoms with Crippen molar-refractivity contribution in [1.82, 2.24) is 15.1 Å². The molecule has 2 aromatic rings. The molecule has 0 unspecified atom stereocenters. The highest BCUT2D eigenvalue weighted by Crippen LogP contribution is 2.34. The molecule has 1 N–H and O–H groups in total. The third-order valence-corrected chi connectivity index (χ3v) is 4.96. The van der Waals surface area contributed by atoms with Crippen molar-refractivity contribution in [2.45, 2.75) is 44.8 Å². The molecule has 1 aromatic carbocycles. The maximum absolute atomic E-state index is 13.0. The number of nitrogens with one attached hydrogen (secondary N) is 1. The zero-order valence-electron chi connectivity index (χ0n) is 14.6. The van der Waals surface area contributed by atoms with Crippen molar-refractivity contribution in [2.75, 3.05) is 13.1 Å². The number of benzene rings is 1. The largest absolute Gasteiger partial charge is 0.482 e. The summed E-state index contributed by atoms with van der Waals surface area (Å²) in [4.78, 5) is 14.9. The van der Waals surface area contributed by atoms with Crippen LogP contribution in [0.25, 0.3) is 0 Å². The second-order valence-corrected chi connectivity index (χ2v) is 6.91. The van der Waals surface area contributed by atoms with Crippen LogP contribution in [0.15, 0.2) is 30.3 Å². The Morgan fingerprint density at radius 3 is 2.76 bits per heavy atom. The van der Waals surface area contributed by atoms with E-state index in [9.17, 15) is 4.79 Å². The second kappa shape index (κ2) is 6.43. The molecule has 6 nitrogen and oxygen atoms in total. The Balaban J connectivity index is 1.49. The number of aryl methyl sites for hydroxylation is 1. The van der Waals surface area contributed by atoms with Crippen LogP contribution in [0.1, 0.15) is 37.1 Å². The lowest BCUT2D eigenvalue weighted by Gasteiger charge is -2.37. The number of likely N-dealkylation sites (tertiary alicyclic amines) is 1. The SMILES string of the molecule is Cc1cc([C@@H]2CCCN(C(=O)[C@H]3Oc4ccccc4O[C@@H]3C)C2)n[nH]1. The average molecular weight is 341 g/mol. The first-order chi connectivity index (χ1) is 12.1. The molecule has 1 amide bonds. The summed E-state index contributed by atoms with van der Waals surface area (Å²) in [5.74, 6) is 1.60. The molecule has 25 heavy (non-hydrogen) atoms. The Labute approximate surface area is 147 Å². The Morgan fingerprint density at radius 2 is 2.04 bits per heavy atom. The number of para-hydroxylation sites is 2. The van der Waals surface area contributed by atoms with Crippen LogP contribution in [-0.2, 0) is 4.79 Å². The number of aromatic amines is 1. The lowest BCUT2D eigenvalue weighted by Crippen LogP contribution is -2.52. The van der Waals surface area contributed by atoms with Gasteiger partial charge in [0.15, 0.2) is 11.5 Å². The van der Waals surface area contributed by atoms with Crippen molar-refractivity contribution in [3.05, 3.63) is 41.7 Å². The van der Waals surface area contributed by atoms with Gasteiger partial charge in [-0.3, -0.25) is 9.89 Å². The number of nitrogens with zero attached hydrogens (tertiary/aromatic N) is 2. The van der Waals surface area contributed by atoms with Crippen LogP contribution in [0.5, 0.6) is 11.5 Å². The number of aromatic nitrogens is 2. The number of piperidine rings is 1. The van der Waals surface area contributed by atoms with E-state index in [4.69, 9.17) is 9.47 Å². The van der Waals surface area contributed by atoms with E-state index >= 15 is 0 Å². The molecule has 0 saturated carbocycles. The molecular weight excluding hydrogens is 318 g/mol. The third-order valence-electron chi connectivity index (χ3n) is 4.96. The smallest absolute Gasteiger partial charge is 0.267 e. The van der Waals surface area contributed by atoms with Gasteiger partial charge in [0.1, 0.15) is 6.10 Å².